The number of halogens is 3. The minimum atomic E-state index is -4.18. The minimum Gasteiger partial charge on any atom is -0.375 e. The molecule has 2 heterocycles. The number of rotatable bonds is 5. The number of morpholine rings is 1. The standard InChI is InChI=1S/C16H24F3N5O/c1-12-11-24(7-8-25-12)14-9-13(3-5-21-14)10-23-15(20-2)22-6-4-16(17,18)19/h3,5,9,12H,4,6-8,10-11H2,1-2H3,(H2,20,22,23). The second-order valence-electron chi connectivity index (χ2n) is 5.87. The van der Waals surface area contributed by atoms with Crippen molar-refractivity contribution in [2.75, 3.05) is 38.2 Å². The first-order valence-corrected chi connectivity index (χ1v) is 8.20. The van der Waals surface area contributed by atoms with Crippen LogP contribution in [0.1, 0.15) is 18.9 Å². The van der Waals surface area contributed by atoms with Crippen LogP contribution in [0.25, 0.3) is 0 Å². The van der Waals surface area contributed by atoms with Crippen molar-refractivity contribution in [2.45, 2.75) is 32.2 Å². The van der Waals surface area contributed by atoms with Gasteiger partial charge < -0.3 is 20.3 Å². The van der Waals surface area contributed by atoms with E-state index in [1.54, 1.807) is 6.20 Å². The maximum absolute atomic E-state index is 12.2. The molecule has 1 unspecified atom stereocenters. The summed E-state index contributed by atoms with van der Waals surface area (Å²) in [5.74, 6) is 1.21. The Morgan fingerprint density at radius 3 is 2.92 bits per heavy atom. The highest BCUT2D eigenvalue weighted by Gasteiger charge is 2.26. The quantitative estimate of drug-likeness (QED) is 0.621. The predicted molar refractivity (Wildman–Crippen MR) is 90.7 cm³/mol. The molecule has 2 rings (SSSR count). The molecule has 1 aliphatic rings. The van der Waals surface area contributed by atoms with E-state index in [2.05, 4.69) is 25.5 Å². The van der Waals surface area contributed by atoms with E-state index in [4.69, 9.17) is 4.74 Å². The van der Waals surface area contributed by atoms with Gasteiger partial charge in [0.2, 0.25) is 0 Å². The van der Waals surface area contributed by atoms with Gasteiger partial charge in [-0.3, -0.25) is 4.99 Å². The van der Waals surface area contributed by atoms with E-state index >= 15 is 0 Å². The van der Waals surface area contributed by atoms with Crippen molar-refractivity contribution in [3.05, 3.63) is 23.9 Å². The van der Waals surface area contributed by atoms with E-state index in [0.717, 1.165) is 24.5 Å². The van der Waals surface area contributed by atoms with Gasteiger partial charge in [-0.1, -0.05) is 0 Å². The largest absolute Gasteiger partial charge is 0.390 e. The number of guanidine groups is 1. The fourth-order valence-corrected chi connectivity index (χ4v) is 2.50. The molecular formula is C16H24F3N5O. The summed E-state index contributed by atoms with van der Waals surface area (Å²) in [6.45, 7) is 4.49. The Hall–Kier alpha value is -2.03. The van der Waals surface area contributed by atoms with Crippen LogP contribution in [0.3, 0.4) is 0 Å². The molecule has 9 heteroatoms. The number of pyridine rings is 1. The number of nitrogens with zero attached hydrogens (tertiary/aromatic N) is 3. The summed E-state index contributed by atoms with van der Waals surface area (Å²) in [5, 5.41) is 5.67. The third-order valence-electron chi connectivity index (χ3n) is 3.76. The molecule has 1 aromatic heterocycles. The van der Waals surface area contributed by atoms with Crippen molar-refractivity contribution in [3.63, 3.8) is 0 Å². The molecule has 0 saturated carbocycles. The SMILES string of the molecule is CN=C(NCCC(F)(F)F)NCc1ccnc(N2CCOC(C)C2)c1. The number of anilines is 1. The van der Waals surface area contributed by atoms with Crippen LogP contribution in [0, 0.1) is 0 Å². The average Bonchev–Trinajstić information content (AvgIpc) is 2.57. The van der Waals surface area contributed by atoms with Gasteiger partial charge in [0.15, 0.2) is 5.96 Å². The summed E-state index contributed by atoms with van der Waals surface area (Å²) in [7, 11) is 1.52. The third-order valence-corrected chi connectivity index (χ3v) is 3.76. The molecule has 0 aliphatic carbocycles. The highest BCUT2D eigenvalue weighted by Crippen LogP contribution is 2.18. The normalized spacial score (nSPS) is 19.0. The molecule has 1 atom stereocenters. The number of alkyl halides is 3. The van der Waals surface area contributed by atoms with Gasteiger partial charge in [0.25, 0.3) is 0 Å². The van der Waals surface area contributed by atoms with Crippen molar-refractivity contribution in [1.82, 2.24) is 15.6 Å². The zero-order chi connectivity index (χ0) is 18.3. The molecule has 1 aromatic rings. The highest BCUT2D eigenvalue weighted by molar-refractivity contribution is 5.79. The van der Waals surface area contributed by atoms with Crippen LogP contribution in [0.4, 0.5) is 19.0 Å². The number of aliphatic imine (C=N–C) groups is 1. The molecule has 6 nitrogen and oxygen atoms in total. The van der Waals surface area contributed by atoms with Crippen LogP contribution in [0.15, 0.2) is 23.3 Å². The zero-order valence-electron chi connectivity index (χ0n) is 14.4. The summed E-state index contributed by atoms with van der Waals surface area (Å²) in [5.41, 5.74) is 0.975. The van der Waals surface area contributed by atoms with Gasteiger partial charge >= 0.3 is 6.18 Å². The monoisotopic (exact) mass is 359 g/mol. The Bertz CT molecular complexity index is 579. The molecule has 0 amide bonds. The first kappa shape index (κ1) is 19.3. The van der Waals surface area contributed by atoms with E-state index in [-0.39, 0.29) is 12.6 Å². The van der Waals surface area contributed by atoms with Crippen LogP contribution >= 0.6 is 0 Å². The van der Waals surface area contributed by atoms with Gasteiger partial charge in [-0.05, 0) is 24.6 Å². The summed E-state index contributed by atoms with van der Waals surface area (Å²) in [6, 6.07) is 3.83. The second kappa shape index (κ2) is 8.89. The van der Waals surface area contributed by atoms with Gasteiger partial charge in [0, 0.05) is 39.4 Å². The van der Waals surface area contributed by atoms with Crippen molar-refractivity contribution in [3.8, 4) is 0 Å². The van der Waals surface area contributed by atoms with Crippen LogP contribution in [-0.4, -0.2) is 56.5 Å². The molecule has 0 radical (unpaired) electrons. The first-order chi connectivity index (χ1) is 11.9. The van der Waals surface area contributed by atoms with E-state index in [1.165, 1.54) is 7.05 Å². The predicted octanol–water partition coefficient (Wildman–Crippen LogP) is 1.92. The lowest BCUT2D eigenvalue weighted by Crippen LogP contribution is -2.41. The fourth-order valence-electron chi connectivity index (χ4n) is 2.50. The number of aromatic nitrogens is 1. The topological polar surface area (TPSA) is 61.8 Å². The van der Waals surface area contributed by atoms with Crippen molar-refractivity contribution in [1.29, 1.82) is 0 Å². The number of nitrogens with one attached hydrogen (secondary N) is 2. The van der Waals surface area contributed by atoms with E-state index in [9.17, 15) is 13.2 Å². The number of hydrogen-bond acceptors (Lipinski definition) is 4. The van der Waals surface area contributed by atoms with E-state index in [0.29, 0.717) is 19.1 Å². The number of ether oxygens (including phenoxy) is 1. The molecule has 0 bridgehead atoms. The van der Waals surface area contributed by atoms with Gasteiger partial charge in [-0.15, -0.1) is 0 Å². The Kier molecular flexibility index (Phi) is 6.86. The molecule has 1 saturated heterocycles. The summed E-state index contributed by atoms with van der Waals surface area (Å²) >= 11 is 0. The molecule has 0 spiro atoms. The second-order valence-corrected chi connectivity index (χ2v) is 5.87. The zero-order valence-corrected chi connectivity index (χ0v) is 14.4. The Labute approximate surface area is 145 Å². The Morgan fingerprint density at radius 1 is 1.44 bits per heavy atom. The van der Waals surface area contributed by atoms with Crippen molar-refractivity contribution < 1.29 is 17.9 Å². The molecule has 1 fully saturated rings. The summed E-state index contributed by atoms with van der Waals surface area (Å²) < 4.78 is 42.1. The van der Waals surface area contributed by atoms with Gasteiger partial charge in [0.1, 0.15) is 5.82 Å². The lowest BCUT2D eigenvalue weighted by atomic mass is 10.2. The maximum atomic E-state index is 12.2. The fraction of sp³-hybridized carbons (Fsp3) is 0.625. The molecular weight excluding hydrogens is 335 g/mol. The number of hydrogen-bond donors (Lipinski definition) is 2. The molecule has 25 heavy (non-hydrogen) atoms. The van der Waals surface area contributed by atoms with Crippen LogP contribution in [0.2, 0.25) is 0 Å². The van der Waals surface area contributed by atoms with Crippen LogP contribution in [0.5, 0.6) is 0 Å². The average molecular weight is 359 g/mol. The maximum Gasteiger partial charge on any atom is 0.390 e. The van der Waals surface area contributed by atoms with Crippen molar-refractivity contribution >= 4 is 11.8 Å². The van der Waals surface area contributed by atoms with Crippen LogP contribution < -0.4 is 15.5 Å². The molecule has 140 valence electrons. The van der Waals surface area contributed by atoms with Gasteiger partial charge in [-0.25, -0.2) is 4.98 Å². The first-order valence-electron chi connectivity index (χ1n) is 8.20. The van der Waals surface area contributed by atoms with E-state index < -0.39 is 12.6 Å². The van der Waals surface area contributed by atoms with E-state index in [1.807, 2.05) is 19.1 Å². The molecule has 2 N–H and O–H groups in total. The molecule has 1 aliphatic heterocycles. The lowest BCUT2D eigenvalue weighted by molar-refractivity contribution is -0.132. The summed E-state index contributed by atoms with van der Waals surface area (Å²) in [4.78, 5) is 10.5. The Balaban J connectivity index is 1.86. The highest BCUT2D eigenvalue weighted by atomic mass is 19.4. The van der Waals surface area contributed by atoms with Gasteiger partial charge in [0.05, 0.1) is 19.1 Å². The smallest absolute Gasteiger partial charge is 0.375 e. The van der Waals surface area contributed by atoms with Crippen molar-refractivity contribution in [2.24, 2.45) is 4.99 Å². The Morgan fingerprint density at radius 2 is 2.24 bits per heavy atom. The lowest BCUT2D eigenvalue weighted by Gasteiger charge is -2.32. The summed E-state index contributed by atoms with van der Waals surface area (Å²) in [6.07, 6.45) is -3.19. The third kappa shape index (κ3) is 6.77. The minimum absolute atomic E-state index is 0.161. The van der Waals surface area contributed by atoms with Gasteiger partial charge in [-0.2, -0.15) is 13.2 Å². The molecule has 0 aromatic carbocycles. The van der Waals surface area contributed by atoms with Crippen LogP contribution in [-0.2, 0) is 11.3 Å².